The minimum atomic E-state index is -3.67. The second kappa shape index (κ2) is 5.06. The van der Waals surface area contributed by atoms with Crippen LogP contribution in [-0.2, 0) is 21.9 Å². The molecule has 1 saturated carbocycles. The number of ketones is 1. The van der Waals surface area contributed by atoms with Gasteiger partial charge in [-0.3, -0.25) is 4.79 Å². The van der Waals surface area contributed by atoms with E-state index in [1.807, 2.05) is 0 Å². The normalized spacial score (nSPS) is 18.2. The predicted molar refractivity (Wildman–Crippen MR) is 66.3 cm³/mol. The molecule has 2 rings (SSSR count). The first-order chi connectivity index (χ1) is 8.40. The summed E-state index contributed by atoms with van der Waals surface area (Å²) in [4.78, 5) is 11.1. The fourth-order valence-electron chi connectivity index (χ4n) is 1.94. The molecule has 1 aliphatic rings. The van der Waals surface area contributed by atoms with Crippen LogP contribution in [-0.4, -0.2) is 35.2 Å². The Morgan fingerprint density at radius 3 is 2.50 bits per heavy atom. The van der Waals surface area contributed by atoms with Crippen molar-refractivity contribution in [1.29, 1.82) is 0 Å². The maximum absolute atomic E-state index is 12.2. The Morgan fingerprint density at radius 2 is 2.00 bits per heavy atom. The molecule has 100 valence electrons. The number of Topliss-reactive ketones (excluding diaryl/α,β-unsaturated/α-hetero) is 1. The summed E-state index contributed by atoms with van der Waals surface area (Å²) in [6.45, 7) is 0. The van der Waals surface area contributed by atoms with Crippen LogP contribution < -0.4 is 4.72 Å². The van der Waals surface area contributed by atoms with Gasteiger partial charge in [-0.1, -0.05) is 5.21 Å². The molecule has 7 nitrogen and oxygen atoms in total. The Hall–Kier alpha value is -0.800. The number of nitrogens with zero attached hydrogens (tertiary/aromatic N) is 3. The predicted octanol–water partition coefficient (Wildman–Crippen LogP) is 0.368. The number of aromatic nitrogens is 3. The van der Waals surface area contributed by atoms with Crippen molar-refractivity contribution in [1.82, 2.24) is 19.7 Å². The maximum Gasteiger partial charge on any atom is 0.260 e. The molecule has 1 N–H and O–H groups in total. The summed E-state index contributed by atoms with van der Waals surface area (Å²) in [5.41, 5.74) is 0. The Kier molecular flexibility index (Phi) is 3.83. The van der Waals surface area contributed by atoms with Gasteiger partial charge in [0.25, 0.3) is 10.0 Å². The summed E-state index contributed by atoms with van der Waals surface area (Å²) in [6.07, 6.45) is 1.94. The number of carbonyl (C=O) groups is 1. The van der Waals surface area contributed by atoms with Crippen molar-refractivity contribution < 1.29 is 13.2 Å². The lowest BCUT2D eigenvalue weighted by Crippen LogP contribution is -2.38. The molecule has 18 heavy (non-hydrogen) atoms. The molecule has 0 bridgehead atoms. The lowest BCUT2D eigenvalue weighted by molar-refractivity contribution is -0.120. The van der Waals surface area contributed by atoms with E-state index in [-0.39, 0.29) is 21.5 Å². The average molecular weight is 337 g/mol. The van der Waals surface area contributed by atoms with Crippen molar-refractivity contribution in [3.05, 3.63) is 4.60 Å². The molecule has 0 amide bonds. The van der Waals surface area contributed by atoms with E-state index < -0.39 is 10.0 Å². The van der Waals surface area contributed by atoms with Gasteiger partial charge in [0.1, 0.15) is 5.78 Å². The van der Waals surface area contributed by atoms with Crippen LogP contribution in [0.1, 0.15) is 25.7 Å². The molecule has 0 atom stereocenters. The molecule has 1 heterocycles. The van der Waals surface area contributed by atoms with Crippen LogP contribution in [0, 0.1) is 0 Å². The molecule has 0 spiro atoms. The van der Waals surface area contributed by atoms with Crippen molar-refractivity contribution in [2.45, 2.75) is 36.8 Å². The molecule has 0 aromatic carbocycles. The molecule has 9 heteroatoms. The second-order valence-corrected chi connectivity index (χ2v) is 6.62. The van der Waals surface area contributed by atoms with Crippen molar-refractivity contribution in [2.75, 3.05) is 0 Å². The fraction of sp³-hybridized carbons (Fsp3) is 0.667. The molecule has 1 aromatic rings. The van der Waals surface area contributed by atoms with Gasteiger partial charge >= 0.3 is 0 Å². The van der Waals surface area contributed by atoms with Gasteiger partial charge in [-0.15, -0.1) is 5.10 Å². The number of hydrogen-bond donors (Lipinski definition) is 1. The lowest BCUT2D eigenvalue weighted by Gasteiger charge is -2.21. The van der Waals surface area contributed by atoms with Gasteiger partial charge < -0.3 is 0 Å². The topological polar surface area (TPSA) is 93.9 Å². The average Bonchev–Trinajstić information content (AvgIpc) is 2.62. The van der Waals surface area contributed by atoms with Gasteiger partial charge in [0, 0.05) is 25.9 Å². The molecule has 1 aliphatic carbocycles. The standard InChI is InChI=1S/C9H13BrN4O3S/c1-14-9(8(10)11-13-14)18(16,17)12-6-2-4-7(15)5-3-6/h6,12H,2-5H2,1H3. The number of sulfonamides is 1. The van der Waals surface area contributed by atoms with E-state index in [2.05, 4.69) is 31.0 Å². The zero-order valence-corrected chi connectivity index (χ0v) is 12.2. The molecule has 1 fully saturated rings. The molecular weight excluding hydrogens is 324 g/mol. The quantitative estimate of drug-likeness (QED) is 0.860. The fourth-order valence-corrected chi connectivity index (χ4v) is 4.34. The Bertz CT molecular complexity index is 539. The first-order valence-electron chi connectivity index (χ1n) is 5.49. The first-order valence-corrected chi connectivity index (χ1v) is 7.77. The summed E-state index contributed by atoms with van der Waals surface area (Å²) >= 11 is 3.06. The van der Waals surface area contributed by atoms with Gasteiger partial charge in [-0.25, -0.2) is 17.8 Å². The summed E-state index contributed by atoms with van der Waals surface area (Å²) < 4.78 is 28.3. The van der Waals surface area contributed by atoms with Crippen LogP contribution >= 0.6 is 15.9 Å². The molecular formula is C9H13BrN4O3S. The van der Waals surface area contributed by atoms with Crippen molar-refractivity contribution in [3.8, 4) is 0 Å². The van der Waals surface area contributed by atoms with E-state index in [4.69, 9.17) is 0 Å². The smallest absolute Gasteiger partial charge is 0.260 e. The third kappa shape index (κ3) is 2.78. The molecule has 0 radical (unpaired) electrons. The van der Waals surface area contributed by atoms with Gasteiger partial charge in [-0.05, 0) is 28.8 Å². The summed E-state index contributed by atoms with van der Waals surface area (Å²) in [7, 11) is -2.15. The number of carbonyl (C=O) groups excluding carboxylic acids is 1. The SMILES string of the molecule is Cn1nnc(Br)c1S(=O)(=O)NC1CCC(=O)CC1. The summed E-state index contributed by atoms with van der Waals surface area (Å²) in [5, 5.41) is 7.28. The number of rotatable bonds is 3. The van der Waals surface area contributed by atoms with Crippen LogP contribution in [0.5, 0.6) is 0 Å². The third-order valence-electron chi connectivity index (χ3n) is 2.86. The third-order valence-corrected chi connectivity index (χ3v) is 5.26. The van der Waals surface area contributed by atoms with E-state index >= 15 is 0 Å². The number of nitrogens with one attached hydrogen (secondary N) is 1. The van der Waals surface area contributed by atoms with E-state index in [0.29, 0.717) is 25.7 Å². The van der Waals surface area contributed by atoms with Crippen molar-refractivity contribution >= 4 is 31.7 Å². The molecule has 1 aromatic heterocycles. The molecule has 0 unspecified atom stereocenters. The van der Waals surface area contributed by atoms with E-state index in [9.17, 15) is 13.2 Å². The summed E-state index contributed by atoms with van der Waals surface area (Å²) in [6, 6.07) is -0.200. The van der Waals surface area contributed by atoms with Crippen molar-refractivity contribution in [2.24, 2.45) is 7.05 Å². The van der Waals surface area contributed by atoms with Gasteiger partial charge in [-0.2, -0.15) is 0 Å². The lowest BCUT2D eigenvalue weighted by atomic mass is 9.95. The monoisotopic (exact) mass is 336 g/mol. The van der Waals surface area contributed by atoms with Crippen LogP contribution in [0.4, 0.5) is 0 Å². The van der Waals surface area contributed by atoms with E-state index in [0.717, 1.165) is 0 Å². The molecule has 0 saturated heterocycles. The van der Waals surface area contributed by atoms with Crippen LogP contribution in [0.15, 0.2) is 9.63 Å². The Balaban J connectivity index is 2.15. The maximum atomic E-state index is 12.2. The molecule has 0 aliphatic heterocycles. The summed E-state index contributed by atoms with van der Waals surface area (Å²) in [5.74, 6) is 0.189. The Morgan fingerprint density at radius 1 is 1.39 bits per heavy atom. The highest BCUT2D eigenvalue weighted by atomic mass is 79.9. The highest BCUT2D eigenvalue weighted by Crippen LogP contribution is 2.21. The van der Waals surface area contributed by atoms with E-state index in [1.54, 1.807) is 0 Å². The van der Waals surface area contributed by atoms with Crippen molar-refractivity contribution in [3.63, 3.8) is 0 Å². The Labute approximate surface area is 113 Å². The first kappa shape index (κ1) is 13.6. The van der Waals surface area contributed by atoms with Gasteiger partial charge in [0.05, 0.1) is 0 Å². The number of halogens is 1. The highest BCUT2D eigenvalue weighted by molar-refractivity contribution is 9.10. The highest BCUT2D eigenvalue weighted by Gasteiger charge is 2.28. The van der Waals surface area contributed by atoms with Gasteiger partial charge in [0.2, 0.25) is 5.03 Å². The largest absolute Gasteiger partial charge is 0.300 e. The number of hydrogen-bond acceptors (Lipinski definition) is 5. The second-order valence-electron chi connectivity index (χ2n) is 4.24. The minimum Gasteiger partial charge on any atom is -0.300 e. The van der Waals surface area contributed by atoms with Crippen LogP contribution in [0.3, 0.4) is 0 Å². The zero-order valence-electron chi connectivity index (χ0n) is 9.76. The van der Waals surface area contributed by atoms with E-state index in [1.165, 1.54) is 11.7 Å². The van der Waals surface area contributed by atoms with Crippen LogP contribution in [0.2, 0.25) is 0 Å². The zero-order chi connectivity index (χ0) is 13.3. The van der Waals surface area contributed by atoms with Gasteiger partial charge in [0.15, 0.2) is 4.60 Å². The number of aryl methyl sites for hydroxylation is 1. The van der Waals surface area contributed by atoms with Crippen LogP contribution in [0.25, 0.3) is 0 Å². The minimum absolute atomic E-state index is 0.000556.